The zero-order valence-corrected chi connectivity index (χ0v) is 16.3. The number of Topliss-reactive ketones (excluding diaryl/α,β-unsaturated/α-hetero) is 1. The summed E-state index contributed by atoms with van der Waals surface area (Å²) in [5, 5.41) is 2.50. The molecule has 0 fully saturated rings. The molecule has 0 heterocycles. The Balaban J connectivity index is 2.00. The van der Waals surface area contributed by atoms with Crippen molar-refractivity contribution in [3.63, 3.8) is 0 Å². The molecular weight excluding hydrogens is 358 g/mol. The van der Waals surface area contributed by atoms with Crippen LogP contribution in [0.4, 0.5) is 4.79 Å². The molecule has 2 aromatic rings. The summed E-state index contributed by atoms with van der Waals surface area (Å²) in [5.74, 6) is -0.894. The average Bonchev–Trinajstić information content (AvgIpc) is 2.65. The van der Waals surface area contributed by atoms with Gasteiger partial charge in [0.2, 0.25) is 5.78 Å². The summed E-state index contributed by atoms with van der Waals surface area (Å²) in [5.41, 5.74) is 0.423. The van der Waals surface area contributed by atoms with Crippen LogP contribution in [0.5, 0.6) is 0 Å². The average molecular weight is 383 g/mol. The van der Waals surface area contributed by atoms with E-state index in [1.165, 1.54) is 0 Å². The first kappa shape index (κ1) is 21.2. The van der Waals surface area contributed by atoms with Crippen molar-refractivity contribution in [3.05, 3.63) is 71.8 Å². The lowest BCUT2D eigenvalue weighted by atomic mass is 10.00. The first-order valence-corrected chi connectivity index (χ1v) is 9.07. The zero-order chi connectivity index (χ0) is 20.6. The van der Waals surface area contributed by atoms with E-state index >= 15 is 0 Å². The van der Waals surface area contributed by atoms with Crippen molar-refractivity contribution in [2.45, 2.75) is 38.9 Å². The fourth-order valence-electron chi connectivity index (χ4n) is 2.43. The summed E-state index contributed by atoms with van der Waals surface area (Å²) in [7, 11) is 0. The standard InChI is InChI=1S/C22H25NO5/c1-22(2,3)28-21(26)23-15-14-18(24)27-20(17-12-8-5-9-13-17)19(25)16-10-6-4-7-11-16/h4-13,20H,14-15H2,1-3H3,(H,23,26)/t20-/m1/s1. The van der Waals surface area contributed by atoms with Crippen molar-refractivity contribution >= 4 is 17.8 Å². The zero-order valence-electron chi connectivity index (χ0n) is 16.3. The van der Waals surface area contributed by atoms with Gasteiger partial charge in [-0.25, -0.2) is 4.79 Å². The lowest BCUT2D eigenvalue weighted by Gasteiger charge is -2.20. The van der Waals surface area contributed by atoms with Gasteiger partial charge in [-0.2, -0.15) is 0 Å². The van der Waals surface area contributed by atoms with E-state index in [0.717, 1.165) is 0 Å². The second-order valence-electron chi connectivity index (χ2n) is 7.19. The number of esters is 1. The van der Waals surface area contributed by atoms with E-state index in [4.69, 9.17) is 9.47 Å². The number of rotatable bonds is 7. The number of ketones is 1. The molecule has 6 nitrogen and oxygen atoms in total. The monoisotopic (exact) mass is 383 g/mol. The molecule has 0 aromatic heterocycles. The van der Waals surface area contributed by atoms with Crippen LogP contribution in [0.25, 0.3) is 0 Å². The Labute approximate surface area is 164 Å². The highest BCUT2D eigenvalue weighted by molar-refractivity contribution is 6.01. The Morgan fingerprint density at radius 2 is 1.50 bits per heavy atom. The van der Waals surface area contributed by atoms with Gasteiger partial charge in [-0.3, -0.25) is 9.59 Å². The molecule has 6 heteroatoms. The van der Waals surface area contributed by atoms with Gasteiger partial charge in [0.25, 0.3) is 0 Å². The number of carbonyl (C=O) groups is 3. The minimum absolute atomic E-state index is 0.0504. The maximum Gasteiger partial charge on any atom is 0.407 e. The summed E-state index contributed by atoms with van der Waals surface area (Å²) in [6.07, 6.45) is -1.73. The minimum Gasteiger partial charge on any atom is -0.449 e. The summed E-state index contributed by atoms with van der Waals surface area (Å²) < 4.78 is 10.6. The van der Waals surface area contributed by atoms with Crippen LogP contribution in [0, 0.1) is 0 Å². The number of hydrogen-bond acceptors (Lipinski definition) is 5. The highest BCUT2D eigenvalue weighted by Crippen LogP contribution is 2.23. The first-order valence-electron chi connectivity index (χ1n) is 9.07. The van der Waals surface area contributed by atoms with Crippen molar-refractivity contribution in [2.75, 3.05) is 6.54 Å². The lowest BCUT2D eigenvalue weighted by molar-refractivity contribution is -0.147. The fourth-order valence-corrected chi connectivity index (χ4v) is 2.43. The van der Waals surface area contributed by atoms with E-state index in [2.05, 4.69) is 5.32 Å². The van der Waals surface area contributed by atoms with Crippen LogP contribution in [-0.4, -0.2) is 30.0 Å². The number of hydrogen-bond donors (Lipinski definition) is 1. The largest absolute Gasteiger partial charge is 0.449 e. The van der Waals surface area contributed by atoms with Crippen LogP contribution in [0.3, 0.4) is 0 Å². The highest BCUT2D eigenvalue weighted by atomic mass is 16.6. The predicted octanol–water partition coefficient (Wildman–Crippen LogP) is 4.07. The van der Waals surface area contributed by atoms with Gasteiger partial charge in [-0.15, -0.1) is 0 Å². The Bertz CT molecular complexity index is 797. The third-order valence-corrected chi connectivity index (χ3v) is 3.65. The number of amides is 1. The van der Waals surface area contributed by atoms with E-state index in [1.54, 1.807) is 69.3 Å². The Kier molecular flexibility index (Phi) is 7.32. The molecule has 0 bridgehead atoms. The molecule has 0 saturated carbocycles. The van der Waals surface area contributed by atoms with E-state index in [-0.39, 0.29) is 18.7 Å². The maximum absolute atomic E-state index is 12.9. The topological polar surface area (TPSA) is 81.7 Å². The van der Waals surface area contributed by atoms with Crippen molar-refractivity contribution in [1.29, 1.82) is 0 Å². The maximum atomic E-state index is 12.9. The molecule has 0 aliphatic rings. The van der Waals surface area contributed by atoms with Crippen molar-refractivity contribution in [1.82, 2.24) is 5.32 Å². The summed E-state index contributed by atoms with van der Waals surface area (Å²) in [6.45, 7) is 5.30. The number of nitrogens with one attached hydrogen (secondary N) is 1. The second kappa shape index (κ2) is 9.69. The molecule has 0 aliphatic carbocycles. The van der Waals surface area contributed by atoms with Gasteiger partial charge in [0, 0.05) is 17.7 Å². The quantitative estimate of drug-likeness (QED) is 0.576. The summed E-state index contributed by atoms with van der Waals surface area (Å²) >= 11 is 0. The SMILES string of the molecule is CC(C)(C)OC(=O)NCCC(=O)O[C@@H](C(=O)c1ccccc1)c1ccccc1. The lowest BCUT2D eigenvalue weighted by Crippen LogP contribution is -2.34. The van der Waals surface area contributed by atoms with Gasteiger partial charge in [0.15, 0.2) is 6.10 Å². The highest BCUT2D eigenvalue weighted by Gasteiger charge is 2.26. The molecule has 0 spiro atoms. The predicted molar refractivity (Wildman–Crippen MR) is 105 cm³/mol. The Hall–Kier alpha value is -3.15. The van der Waals surface area contributed by atoms with Gasteiger partial charge in [0.1, 0.15) is 5.60 Å². The van der Waals surface area contributed by atoms with Gasteiger partial charge in [-0.05, 0) is 20.8 Å². The minimum atomic E-state index is -1.04. The van der Waals surface area contributed by atoms with Crippen molar-refractivity contribution < 1.29 is 23.9 Å². The number of benzene rings is 2. The Morgan fingerprint density at radius 3 is 2.07 bits per heavy atom. The van der Waals surface area contributed by atoms with E-state index in [9.17, 15) is 14.4 Å². The van der Waals surface area contributed by atoms with Crippen molar-refractivity contribution in [2.24, 2.45) is 0 Å². The van der Waals surface area contributed by atoms with E-state index in [1.807, 2.05) is 12.1 Å². The van der Waals surface area contributed by atoms with Gasteiger partial charge >= 0.3 is 12.1 Å². The molecule has 0 radical (unpaired) electrons. The third-order valence-electron chi connectivity index (χ3n) is 3.65. The molecule has 2 rings (SSSR count). The number of alkyl carbamates (subject to hydrolysis) is 1. The molecule has 1 atom stereocenters. The molecular formula is C22H25NO5. The van der Waals surface area contributed by atoms with Crippen LogP contribution in [0.1, 0.15) is 49.2 Å². The molecule has 0 saturated heterocycles. The van der Waals surface area contributed by atoms with E-state index in [0.29, 0.717) is 11.1 Å². The normalized spacial score (nSPS) is 12.0. The van der Waals surface area contributed by atoms with Gasteiger partial charge in [-0.1, -0.05) is 60.7 Å². The molecule has 28 heavy (non-hydrogen) atoms. The Morgan fingerprint density at radius 1 is 0.929 bits per heavy atom. The molecule has 148 valence electrons. The molecule has 2 aromatic carbocycles. The molecule has 1 N–H and O–H groups in total. The summed E-state index contributed by atoms with van der Waals surface area (Å²) in [6, 6.07) is 17.5. The molecule has 0 unspecified atom stereocenters. The number of carbonyl (C=O) groups excluding carboxylic acids is 3. The molecule has 1 amide bonds. The first-order chi connectivity index (χ1) is 13.3. The van der Waals surface area contributed by atoms with Crippen LogP contribution >= 0.6 is 0 Å². The fraction of sp³-hybridized carbons (Fsp3) is 0.318. The van der Waals surface area contributed by atoms with Gasteiger partial charge < -0.3 is 14.8 Å². The summed E-state index contributed by atoms with van der Waals surface area (Å²) in [4.78, 5) is 36.8. The van der Waals surface area contributed by atoms with Gasteiger partial charge in [0.05, 0.1) is 6.42 Å². The van der Waals surface area contributed by atoms with Crippen molar-refractivity contribution in [3.8, 4) is 0 Å². The van der Waals surface area contributed by atoms with E-state index < -0.39 is 23.8 Å². The molecule has 0 aliphatic heterocycles. The van der Waals surface area contributed by atoms with Crippen LogP contribution in [0.2, 0.25) is 0 Å². The third kappa shape index (κ3) is 6.87. The van der Waals surface area contributed by atoms with Crippen LogP contribution in [0.15, 0.2) is 60.7 Å². The number of ether oxygens (including phenoxy) is 2. The second-order valence-corrected chi connectivity index (χ2v) is 7.19. The van der Waals surface area contributed by atoms with Crippen LogP contribution in [-0.2, 0) is 14.3 Å². The smallest absolute Gasteiger partial charge is 0.407 e. The van der Waals surface area contributed by atoms with Crippen LogP contribution < -0.4 is 5.32 Å².